The van der Waals surface area contributed by atoms with Gasteiger partial charge in [0, 0.05) is 38.8 Å². The molecule has 242 valence electrons. The number of aliphatic hydroxyl groups is 1. The van der Waals surface area contributed by atoms with E-state index in [1.54, 1.807) is 0 Å². The van der Waals surface area contributed by atoms with Gasteiger partial charge in [0.2, 0.25) is 0 Å². The van der Waals surface area contributed by atoms with Gasteiger partial charge >= 0.3 is 0 Å². The molecule has 0 spiro atoms. The maximum Gasteiger partial charge on any atom is 0.158 e. The van der Waals surface area contributed by atoms with Crippen molar-refractivity contribution in [1.82, 2.24) is 0 Å². The Kier molecular flexibility index (Phi) is 16.5. The van der Waals surface area contributed by atoms with E-state index in [0.717, 1.165) is 116 Å². The summed E-state index contributed by atoms with van der Waals surface area (Å²) in [4.78, 5) is 0. The first-order valence-corrected chi connectivity index (χ1v) is 17.5. The summed E-state index contributed by atoms with van der Waals surface area (Å²) in [5.41, 5.74) is 0. The van der Waals surface area contributed by atoms with Crippen molar-refractivity contribution in [3.63, 3.8) is 0 Å². The number of ether oxygens (including phenoxy) is 6. The van der Waals surface area contributed by atoms with Gasteiger partial charge in [-0.2, -0.15) is 0 Å². The van der Waals surface area contributed by atoms with Gasteiger partial charge in [0.05, 0.1) is 18.3 Å². The summed E-state index contributed by atoms with van der Waals surface area (Å²) < 4.78 is 38.1. The maximum atomic E-state index is 9.16. The Balaban J connectivity index is 1.51. The van der Waals surface area contributed by atoms with Crippen LogP contribution < -0.4 is 0 Å². The average molecular weight is 593 g/mol. The molecule has 0 amide bonds. The molecule has 4 aliphatic rings. The molecular formula is C35H60O7. The van der Waals surface area contributed by atoms with Gasteiger partial charge in [-0.3, -0.25) is 0 Å². The van der Waals surface area contributed by atoms with E-state index in [4.69, 9.17) is 33.5 Å². The average Bonchev–Trinajstić information content (AvgIpc) is 3.33. The van der Waals surface area contributed by atoms with Crippen LogP contribution in [0.4, 0.5) is 0 Å². The number of unbranched alkanes of at least 4 members (excludes halogenated alkanes) is 4. The third-order valence-electron chi connectivity index (χ3n) is 9.25. The molecule has 4 fully saturated rings. The van der Waals surface area contributed by atoms with Crippen molar-refractivity contribution in [1.29, 1.82) is 0 Å². The molecule has 0 aromatic carbocycles. The second kappa shape index (κ2) is 20.3. The predicted molar refractivity (Wildman–Crippen MR) is 165 cm³/mol. The molecule has 8 atom stereocenters. The van der Waals surface area contributed by atoms with E-state index in [-0.39, 0.29) is 55.6 Å². The summed E-state index contributed by atoms with van der Waals surface area (Å²) in [6.07, 6.45) is 28.1. The van der Waals surface area contributed by atoms with Crippen LogP contribution in [-0.2, 0) is 28.4 Å². The third-order valence-corrected chi connectivity index (χ3v) is 9.25. The smallest absolute Gasteiger partial charge is 0.158 e. The Labute approximate surface area is 255 Å². The minimum Gasteiger partial charge on any atom is -0.396 e. The Morgan fingerprint density at radius 1 is 0.762 bits per heavy atom. The second-order valence-electron chi connectivity index (χ2n) is 12.7. The fraction of sp³-hybridized carbons (Fsp3) is 0.886. The van der Waals surface area contributed by atoms with E-state index in [1.807, 2.05) is 0 Å². The largest absolute Gasteiger partial charge is 0.396 e. The molecule has 3 saturated heterocycles. The first kappa shape index (κ1) is 34.1. The van der Waals surface area contributed by atoms with Gasteiger partial charge in [0.1, 0.15) is 0 Å². The molecule has 1 aliphatic carbocycles. The molecule has 4 rings (SSSR count). The molecule has 3 aliphatic heterocycles. The number of hydrogen-bond donors (Lipinski definition) is 1. The lowest BCUT2D eigenvalue weighted by Gasteiger charge is -2.30. The van der Waals surface area contributed by atoms with Gasteiger partial charge in [-0.1, -0.05) is 50.5 Å². The minimum absolute atomic E-state index is 0.0351. The van der Waals surface area contributed by atoms with Gasteiger partial charge < -0.3 is 33.5 Å². The second-order valence-corrected chi connectivity index (χ2v) is 12.7. The summed E-state index contributed by atoms with van der Waals surface area (Å²) in [5, 5.41) is 9.16. The highest BCUT2D eigenvalue weighted by atomic mass is 16.7. The minimum atomic E-state index is -0.133. The predicted octanol–water partition coefficient (Wildman–Crippen LogP) is 7.60. The number of aliphatic hydroxyl groups excluding tert-OH is 1. The van der Waals surface area contributed by atoms with Crippen LogP contribution in [0, 0.1) is 11.8 Å². The summed E-state index contributed by atoms with van der Waals surface area (Å²) in [6, 6.07) is 0. The van der Waals surface area contributed by atoms with Gasteiger partial charge in [0.15, 0.2) is 18.9 Å². The zero-order valence-corrected chi connectivity index (χ0v) is 26.4. The lowest BCUT2D eigenvalue weighted by molar-refractivity contribution is -0.203. The highest BCUT2D eigenvalue weighted by molar-refractivity contribution is 5.07. The molecule has 3 unspecified atom stereocenters. The van der Waals surface area contributed by atoms with Crippen molar-refractivity contribution in [3.8, 4) is 0 Å². The van der Waals surface area contributed by atoms with E-state index in [2.05, 4.69) is 31.2 Å². The lowest BCUT2D eigenvalue weighted by atomic mass is 9.89. The molecule has 42 heavy (non-hydrogen) atoms. The Hall–Kier alpha value is -0.800. The Bertz CT molecular complexity index is 740. The summed E-state index contributed by atoms with van der Waals surface area (Å²) in [6.45, 7) is 4.87. The molecule has 0 radical (unpaired) electrons. The number of hydrogen-bond acceptors (Lipinski definition) is 7. The van der Waals surface area contributed by atoms with Crippen molar-refractivity contribution in [2.24, 2.45) is 11.8 Å². The van der Waals surface area contributed by atoms with E-state index in [1.165, 1.54) is 19.3 Å². The summed E-state index contributed by atoms with van der Waals surface area (Å²) >= 11 is 0. The highest BCUT2D eigenvalue weighted by Crippen LogP contribution is 2.42. The van der Waals surface area contributed by atoms with E-state index < -0.39 is 0 Å². The van der Waals surface area contributed by atoms with Crippen LogP contribution >= 0.6 is 0 Å². The fourth-order valence-electron chi connectivity index (χ4n) is 6.81. The zero-order valence-electron chi connectivity index (χ0n) is 26.4. The summed E-state index contributed by atoms with van der Waals surface area (Å²) in [5.74, 6) is 0.493. The van der Waals surface area contributed by atoms with Crippen LogP contribution in [-0.4, -0.2) is 68.7 Å². The molecule has 1 saturated carbocycles. The highest BCUT2D eigenvalue weighted by Gasteiger charge is 2.45. The quantitative estimate of drug-likeness (QED) is 0.130. The molecule has 0 bridgehead atoms. The van der Waals surface area contributed by atoms with E-state index in [9.17, 15) is 0 Å². The zero-order chi connectivity index (χ0) is 29.2. The molecule has 7 heteroatoms. The van der Waals surface area contributed by atoms with E-state index >= 15 is 0 Å². The number of allylic oxidation sites excluding steroid dienone is 2. The summed E-state index contributed by atoms with van der Waals surface area (Å²) in [7, 11) is 0. The lowest BCUT2D eigenvalue weighted by Crippen LogP contribution is -2.31. The molecule has 1 N–H and O–H groups in total. The normalized spacial score (nSPS) is 33.5. The van der Waals surface area contributed by atoms with Gasteiger partial charge in [-0.05, 0) is 95.8 Å². The van der Waals surface area contributed by atoms with Crippen LogP contribution in [0.1, 0.15) is 122 Å². The monoisotopic (exact) mass is 592 g/mol. The molecular weight excluding hydrogens is 532 g/mol. The topological polar surface area (TPSA) is 75.6 Å². The molecule has 3 heterocycles. The first-order valence-electron chi connectivity index (χ1n) is 17.5. The fourth-order valence-corrected chi connectivity index (χ4v) is 6.81. The van der Waals surface area contributed by atoms with Crippen molar-refractivity contribution in [2.45, 2.75) is 160 Å². The van der Waals surface area contributed by atoms with Crippen LogP contribution in [0.5, 0.6) is 0 Å². The van der Waals surface area contributed by atoms with Crippen molar-refractivity contribution in [3.05, 3.63) is 24.3 Å². The SMILES string of the molecule is CCCCC[C@@H](/C=C/[C@@H]1[C@@H](C/C=C\CCCCO)[C@@H](OC2CCCCO2)C[C@H]1OC1CCCCO1)OC1CCCCO1. The Morgan fingerprint density at radius 3 is 2.05 bits per heavy atom. The molecule has 7 nitrogen and oxygen atoms in total. The van der Waals surface area contributed by atoms with Gasteiger partial charge in [-0.25, -0.2) is 0 Å². The maximum absolute atomic E-state index is 9.16. The number of rotatable bonds is 18. The van der Waals surface area contributed by atoms with Crippen molar-refractivity contribution < 1.29 is 33.5 Å². The van der Waals surface area contributed by atoms with Crippen LogP contribution in [0.25, 0.3) is 0 Å². The van der Waals surface area contributed by atoms with Crippen LogP contribution in [0.3, 0.4) is 0 Å². The molecule has 0 aromatic heterocycles. The van der Waals surface area contributed by atoms with Gasteiger partial charge in [-0.15, -0.1) is 0 Å². The van der Waals surface area contributed by atoms with Crippen molar-refractivity contribution in [2.75, 3.05) is 26.4 Å². The van der Waals surface area contributed by atoms with E-state index in [0.29, 0.717) is 0 Å². The van der Waals surface area contributed by atoms with Crippen LogP contribution in [0.15, 0.2) is 24.3 Å². The third kappa shape index (κ3) is 11.9. The standard InChI is InChI=1S/C35H60O7/c1-2-3-7-16-28(40-33-18-9-13-24-37-33)21-22-30-29(17-8-5-4-6-12-23-36)31(41-34-19-10-14-25-38-34)27-32(30)42-35-20-11-15-26-39-35/h5,8,21-22,28-36H,2-4,6-7,9-20,23-27H2,1H3/b8-5-,22-21+/t28-,29+,30+,31-,32+,33?,34?,35?/m0/s1. The van der Waals surface area contributed by atoms with Crippen molar-refractivity contribution >= 4 is 0 Å². The molecule has 0 aromatic rings. The Morgan fingerprint density at radius 2 is 1.43 bits per heavy atom. The first-order chi connectivity index (χ1) is 20.8. The van der Waals surface area contributed by atoms with Gasteiger partial charge in [0.25, 0.3) is 0 Å². The van der Waals surface area contributed by atoms with Crippen LogP contribution in [0.2, 0.25) is 0 Å².